The number of hydrogen-bond donors (Lipinski definition) is 0. The van der Waals surface area contributed by atoms with Gasteiger partial charge in [0, 0.05) is 38.6 Å². The molecule has 10 aromatic rings. The van der Waals surface area contributed by atoms with Crippen LogP contribution in [0.25, 0.3) is 55.4 Å². The molecule has 3 aliphatic rings. The molecule has 0 fully saturated rings. The lowest BCUT2D eigenvalue weighted by Crippen LogP contribution is -2.37. The van der Waals surface area contributed by atoms with Crippen LogP contribution in [-0.2, 0) is 5.41 Å². The molecule has 0 bridgehead atoms. The molecule has 312 valence electrons. The fraction of sp³-hybridized carbons (Fsp3) is 0.0645. The van der Waals surface area contributed by atoms with E-state index in [1.54, 1.807) is 0 Å². The molecular formula is C62H43N3O. The van der Waals surface area contributed by atoms with Gasteiger partial charge in [-0.15, -0.1) is 0 Å². The summed E-state index contributed by atoms with van der Waals surface area (Å²) in [5.41, 5.74) is 18.6. The zero-order valence-electron chi connectivity index (χ0n) is 36.4. The average Bonchev–Trinajstić information content (AvgIpc) is 3.72. The van der Waals surface area contributed by atoms with E-state index in [2.05, 4.69) is 230 Å². The molecule has 1 atom stereocenters. The Labute approximate surface area is 384 Å². The third kappa shape index (κ3) is 5.78. The summed E-state index contributed by atoms with van der Waals surface area (Å²) in [5, 5.41) is 2.51. The van der Waals surface area contributed by atoms with Gasteiger partial charge in [-0.05, 0) is 83.0 Å². The van der Waals surface area contributed by atoms with E-state index in [-0.39, 0.29) is 0 Å². The predicted molar refractivity (Wildman–Crippen MR) is 271 cm³/mol. The number of aliphatic imine (C=N–C) groups is 2. The minimum Gasteiger partial charge on any atom is -0.456 e. The third-order valence-electron chi connectivity index (χ3n) is 14.0. The number of hydrogen-bond acceptors (Lipinski definition) is 3. The topological polar surface area (TPSA) is 38.9 Å². The summed E-state index contributed by atoms with van der Waals surface area (Å²) >= 11 is 0. The molecule has 3 aliphatic heterocycles. The monoisotopic (exact) mass is 845 g/mol. The molecule has 0 radical (unpaired) electrons. The van der Waals surface area contributed by atoms with Gasteiger partial charge in [0.2, 0.25) is 0 Å². The molecule has 0 saturated heterocycles. The van der Waals surface area contributed by atoms with Crippen molar-refractivity contribution in [2.45, 2.75) is 25.2 Å². The lowest BCUT2D eigenvalue weighted by atomic mass is 9.61. The highest BCUT2D eigenvalue weighted by Gasteiger charge is 2.50. The van der Waals surface area contributed by atoms with Gasteiger partial charge in [0.1, 0.15) is 11.5 Å². The van der Waals surface area contributed by atoms with Crippen molar-refractivity contribution in [1.29, 1.82) is 0 Å². The van der Waals surface area contributed by atoms with E-state index in [0.29, 0.717) is 5.84 Å². The van der Waals surface area contributed by atoms with Crippen LogP contribution in [-0.4, -0.2) is 16.1 Å². The van der Waals surface area contributed by atoms with Crippen LogP contribution in [0.1, 0.15) is 58.7 Å². The molecule has 4 nitrogen and oxygen atoms in total. The predicted octanol–water partition coefficient (Wildman–Crippen LogP) is 15.4. The zero-order valence-corrected chi connectivity index (χ0v) is 36.4. The van der Waals surface area contributed by atoms with Gasteiger partial charge in [-0.1, -0.05) is 194 Å². The van der Waals surface area contributed by atoms with Gasteiger partial charge in [-0.3, -0.25) is 0 Å². The summed E-state index contributed by atoms with van der Waals surface area (Å²) in [5.74, 6) is 2.44. The summed E-state index contributed by atoms with van der Waals surface area (Å²) in [4.78, 5) is 10.9. The molecule has 13 rings (SSSR count). The minimum absolute atomic E-state index is 0.649. The zero-order chi connectivity index (χ0) is 43.8. The highest BCUT2D eigenvalue weighted by atomic mass is 16.5. The summed E-state index contributed by atoms with van der Waals surface area (Å²) in [6.45, 7) is 2.21. The maximum absolute atomic E-state index is 7.19. The number of rotatable bonds is 5. The summed E-state index contributed by atoms with van der Waals surface area (Å²) in [6, 6.07) is 78.5. The maximum atomic E-state index is 7.19. The van der Waals surface area contributed by atoms with Gasteiger partial charge >= 0.3 is 0 Å². The standard InChI is InChI=1S/C62H43N3O/c1-40-33-38-54(63-61(64-58(40)43-19-6-3-7-20-43)44-36-34-42(35-37-44)41-17-4-2-5-18-41)46-22-14-21-45(39-46)47-24-15-29-53-60(47)66-57-32-13-10-27-51(57)62(53)50-26-9-12-31-56(50)65-55-30-11-8-23-48(55)49-25-16-28-52(62)59(49)65/h2-32,34-37,39H,33,38H2,1H3/b58-40+,63-54+,64-61-. The largest absolute Gasteiger partial charge is 0.456 e. The van der Waals surface area contributed by atoms with Crippen molar-refractivity contribution in [2.75, 3.05) is 0 Å². The highest BCUT2D eigenvalue weighted by molar-refractivity contribution is 6.15. The molecule has 1 aromatic heterocycles. The second-order valence-electron chi connectivity index (χ2n) is 17.6. The van der Waals surface area contributed by atoms with E-state index in [1.807, 2.05) is 0 Å². The molecule has 1 spiro atoms. The smallest absolute Gasteiger partial charge is 0.160 e. The van der Waals surface area contributed by atoms with Crippen molar-refractivity contribution in [3.8, 4) is 39.4 Å². The first kappa shape index (κ1) is 38.1. The summed E-state index contributed by atoms with van der Waals surface area (Å²) < 4.78 is 9.67. The Bertz CT molecular complexity index is 3670. The van der Waals surface area contributed by atoms with E-state index in [0.717, 1.165) is 80.3 Å². The van der Waals surface area contributed by atoms with Gasteiger partial charge < -0.3 is 9.30 Å². The van der Waals surface area contributed by atoms with Crippen LogP contribution in [0.5, 0.6) is 11.5 Å². The van der Waals surface area contributed by atoms with E-state index in [1.165, 1.54) is 49.8 Å². The van der Waals surface area contributed by atoms with Crippen LogP contribution in [0.3, 0.4) is 0 Å². The lowest BCUT2D eigenvalue weighted by molar-refractivity contribution is 0.435. The Hall–Kier alpha value is -8.34. The maximum Gasteiger partial charge on any atom is 0.160 e. The molecule has 4 heteroatoms. The van der Waals surface area contributed by atoms with Gasteiger partial charge in [0.25, 0.3) is 0 Å². The molecule has 9 aromatic carbocycles. The number of aromatic nitrogens is 1. The normalized spacial score (nSPS) is 18.8. The van der Waals surface area contributed by atoms with Gasteiger partial charge in [-0.2, -0.15) is 0 Å². The van der Waals surface area contributed by atoms with Gasteiger partial charge in [0.15, 0.2) is 5.84 Å². The van der Waals surface area contributed by atoms with E-state index >= 15 is 0 Å². The molecule has 0 saturated carbocycles. The molecule has 0 amide bonds. The van der Waals surface area contributed by atoms with Crippen LogP contribution in [0.2, 0.25) is 0 Å². The highest BCUT2D eigenvalue weighted by Crippen LogP contribution is 2.61. The van der Waals surface area contributed by atoms with Crippen molar-refractivity contribution >= 4 is 39.1 Å². The van der Waals surface area contributed by atoms with E-state index in [9.17, 15) is 0 Å². The Balaban J connectivity index is 0.984. The molecule has 66 heavy (non-hydrogen) atoms. The minimum atomic E-state index is -0.649. The first-order valence-electron chi connectivity index (χ1n) is 22.9. The second kappa shape index (κ2) is 15.1. The van der Waals surface area contributed by atoms with Crippen molar-refractivity contribution < 1.29 is 4.74 Å². The van der Waals surface area contributed by atoms with Crippen LogP contribution in [0, 0.1) is 0 Å². The number of nitrogens with zero attached hydrogens (tertiary/aromatic N) is 3. The molecule has 4 heterocycles. The van der Waals surface area contributed by atoms with Crippen molar-refractivity contribution in [3.63, 3.8) is 0 Å². The molecule has 1 unspecified atom stereocenters. The molecular weight excluding hydrogens is 803 g/mol. The Morgan fingerprint density at radius 2 is 1.06 bits per heavy atom. The van der Waals surface area contributed by atoms with Crippen LogP contribution < -0.4 is 4.74 Å². The van der Waals surface area contributed by atoms with Crippen molar-refractivity contribution in [1.82, 2.24) is 4.57 Å². The Morgan fingerprint density at radius 3 is 1.91 bits per heavy atom. The average molecular weight is 846 g/mol. The van der Waals surface area contributed by atoms with Gasteiger partial charge in [-0.25, -0.2) is 9.98 Å². The first-order valence-corrected chi connectivity index (χ1v) is 22.9. The molecule has 0 aliphatic carbocycles. The van der Waals surface area contributed by atoms with Crippen LogP contribution >= 0.6 is 0 Å². The Morgan fingerprint density at radius 1 is 0.455 bits per heavy atom. The number of benzene rings is 9. The summed E-state index contributed by atoms with van der Waals surface area (Å²) in [6.07, 6.45) is 1.60. The van der Waals surface area contributed by atoms with Gasteiger partial charge in [0.05, 0.1) is 33.5 Å². The first-order chi connectivity index (χ1) is 32.6. The van der Waals surface area contributed by atoms with Crippen molar-refractivity contribution in [3.05, 3.63) is 263 Å². The lowest BCUT2D eigenvalue weighted by Gasteiger charge is -2.45. The van der Waals surface area contributed by atoms with E-state index < -0.39 is 5.41 Å². The second-order valence-corrected chi connectivity index (χ2v) is 17.6. The van der Waals surface area contributed by atoms with E-state index in [4.69, 9.17) is 14.7 Å². The van der Waals surface area contributed by atoms with Crippen LogP contribution in [0.4, 0.5) is 0 Å². The van der Waals surface area contributed by atoms with Crippen molar-refractivity contribution in [2.24, 2.45) is 9.98 Å². The number of allylic oxidation sites excluding steroid dienone is 1. The third-order valence-corrected chi connectivity index (χ3v) is 14.0. The number of para-hydroxylation sites is 5. The van der Waals surface area contributed by atoms with Crippen LogP contribution in [0.15, 0.2) is 234 Å². The SMILES string of the molecule is C\C1=C(c2ccccc2)/N=C(c2ccc(-c3ccccc3)cc2)\N=C(\c2cccc(-c3cccc4c3Oc3ccccc3C43c4ccccc4-n4c5ccccc5c5cccc3c54)c2)CC1. The Kier molecular flexibility index (Phi) is 8.75. The molecule has 0 N–H and O–H groups in total. The fourth-order valence-corrected chi connectivity index (χ4v) is 11.0. The fourth-order valence-electron chi connectivity index (χ4n) is 11.0. The summed E-state index contributed by atoms with van der Waals surface area (Å²) in [7, 11) is 0. The number of fused-ring (bicyclic) bond motifs is 11. The number of ether oxygens (including phenoxy) is 1. The quantitative estimate of drug-likeness (QED) is 0.170. The number of amidine groups is 1.